The van der Waals surface area contributed by atoms with Gasteiger partial charge < -0.3 is 20.1 Å². The Hall–Kier alpha value is -3.69. The van der Waals surface area contributed by atoms with Crippen molar-refractivity contribution in [2.45, 2.75) is 51.2 Å². The Bertz CT molecular complexity index is 1280. The van der Waals surface area contributed by atoms with Crippen molar-refractivity contribution in [3.63, 3.8) is 0 Å². The summed E-state index contributed by atoms with van der Waals surface area (Å²) < 4.78 is 11.1. The third-order valence-electron chi connectivity index (χ3n) is 7.39. The van der Waals surface area contributed by atoms with Crippen molar-refractivity contribution in [2.24, 2.45) is 5.41 Å². The van der Waals surface area contributed by atoms with E-state index in [-0.39, 0.29) is 23.0 Å². The minimum atomic E-state index is -0.821. The highest BCUT2D eigenvalue weighted by Gasteiger charge is 2.44. The molecule has 0 saturated heterocycles. The third kappa shape index (κ3) is 8.41. The van der Waals surface area contributed by atoms with Crippen LogP contribution in [0, 0.1) is 5.41 Å². The summed E-state index contributed by atoms with van der Waals surface area (Å²) in [6, 6.07) is 21.0. The molecule has 0 radical (unpaired) electrons. The first kappa shape index (κ1) is 30.3. The summed E-state index contributed by atoms with van der Waals surface area (Å²) in [7, 11) is 1.58. The molecular formula is C32H37N3O5S. The van der Waals surface area contributed by atoms with Gasteiger partial charge in [0.15, 0.2) is 0 Å². The molecule has 0 unspecified atom stereocenters. The number of aromatic nitrogens is 1. The fraction of sp³-hybridized carbons (Fsp3) is 0.375. The van der Waals surface area contributed by atoms with Crippen molar-refractivity contribution < 1.29 is 23.9 Å². The molecule has 9 heteroatoms. The minimum Gasteiger partial charge on any atom is -0.497 e. The molecule has 1 aromatic heterocycles. The van der Waals surface area contributed by atoms with Gasteiger partial charge in [-0.05, 0) is 74.6 Å². The van der Waals surface area contributed by atoms with Crippen LogP contribution in [0.25, 0.3) is 0 Å². The van der Waals surface area contributed by atoms with Crippen molar-refractivity contribution in [3.8, 4) is 5.75 Å². The number of amides is 2. The number of carbonyl (C=O) groups is 3. The maximum atomic E-state index is 14.1. The molecule has 0 spiro atoms. The standard InChI is InChI=1S/C32H37N3O5S/c1-3-40-26-16-18-32(19-17-26,22-41-30(37)27-11-7-8-20-33-27)31(38)35-28(21-23-9-5-4-6-10-23)29(36)34-24-12-14-25(39-2)15-13-24/h4-15,20,26,28H,3,16-19,21-22H2,1-2H3,(H,34,36)(H,35,38)/t26-,28-,32+/m0/s1. The van der Waals surface area contributed by atoms with E-state index in [1.54, 1.807) is 55.8 Å². The normalized spacial score (nSPS) is 19.1. The number of hydrogen-bond acceptors (Lipinski definition) is 7. The van der Waals surface area contributed by atoms with Gasteiger partial charge in [-0.3, -0.25) is 19.4 Å². The molecule has 1 fully saturated rings. The van der Waals surface area contributed by atoms with Gasteiger partial charge in [-0.25, -0.2) is 0 Å². The van der Waals surface area contributed by atoms with E-state index in [2.05, 4.69) is 15.6 Å². The van der Waals surface area contributed by atoms with Crippen LogP contribution in [0.15, 0.2) is 79.0 Å². The number of pyridine rings is 1. The summed E-state index contributed by atoms with van der Waals surface area (Å²) in [5.41, 5.74) is 1.07. The van der Waals surface area contributed by atoms with Crippen LogP contribution in [0.2, 0.25) is 0 Å². The quantitative estimate of drug-likeness (QED) is 0.302. The monoisotopic (exact) mass is 575 g/mol. The molecule has 41 heavy (non-hydrogen) atoms. The molecule has 1 heterocycles. The Labute approximate surface area is 245 Å². The van der Waals surface area contributed by atoms with Crippen molar-refractivity contribution in [2.75, 3.05) is 24.8 Å². The number of anilines is 1. The maximum absolute atomic E-state index is 14.1. The Morgan fingerprint density at radius 1 is 1.00 bits per heavy atom. The smallest absolute Gasteiger partial charge is 0.247 e. The topological polar surface area (TPSA) is 107 Å². The molecule has 3 aromatic rings. The minimum absolute atomic E-state index is 0.0795. The van der Waals surface area contributed by atoms with Gasteiger partial charge in [0.2, 0.25) is 16.9 Å². The van der Waals surface area contributed by atoms with Crippen LogP contribution in [0.5, 0.6) is 5.75 Å². The molecule has 0 aliphatic heterocycles. The van der Waals surface area contributed by atoms with E-state index in [1.165, 1.54) is 0 Å². The molecule has 0 bridgehead atoms. The van der Waals surface area contributed by atoms with Crippen LogP contribution in [0.3, 0.4) is 0 Å². The summed E-state index contributed by atoms with van der Waals surface area (Å²) in [6.45, 7) is 2.58. The van der Waals surface area contributed by atoms with Crippen molar-refractivity contribution >= 4 is 34.4 Å². The molecule has 1 aliphatic carbocycles. The van der Waals surface area contributed by atoms with Gasteiger partial charge in [-0.1, -0.05) is 48.2 Å². The van der Waals surface area contributed by atoms with Crippen LogP contribution in [-0.2, 0) is 20.7 Å². The zero-order valence-electron chi connectivity index (χ0n) is 23.5. The lowest BCUT2D eigenvalue weighted by Crippen LogP contribution is -2.53. The van der Waals surface area contributed by atoms with E-state index in [1.807, 2.05) is 37.3 Å². The lowest BCUT2D eigenvalue weighted by atomic mass is 9.73. The van der Waals surface area contributed by atoms with Gasteiger partial charge in [0.25, 0.3) is 0 Å². The zero-order valence-corrected chi connectivity index (χ0v) is 24.3. The number of nitrogens with one attached hydrogen (secondary N) is 2. The van der Waals surface area contributed by atoms with Gasteiger partial charge in [0, 0.05) is 30.7 Å². The summed E-state index contributed by atoms with van der Waals surface area (Å²) >= 11 is 1.11. The van der Waals surface area contributed by atoms with Crippen LogP contribution >= 0.6 is 11.8 Å². The fourth-order valence-corrected chi connectivity index (χ4v) is 6.11. The SMILES string of the molecule is CCO[C@H]1CC[C@@](CSC(=O)c2ccccn2)(C(=O)N[C@@H](Cc2ccccc2)C(=O)Nc2ccc(OC)cc2)CC1. The molecule has 2 aromatic carbocycles. The molecule has 1 saturated carbocycles. The highest BCUT2D eigenvalue weighted by molar-refractivity contribution is 8.14. The van der Waals surface area contributed by atoms with Gasteiger partial charge in [-0.2, -0.15) is 0 Å². The molecule has 4 rings (SSSR count). The van der Waals surface area contributed by atoms with E-state index in [0.717, 1.165) is 17.3 Å². The van der Waals surface area contributed by atoms with E-state index in [4.69, 9.17) is 9.47 Å². The third-order valence-corrected chi connectivity index (χ3v) is 8.56. The second-order valence-electron chi connectivity index (χ2n) is 10.2. The fourth-order valence-electron chi connectivity index (χ4n) is 5.02. The number of rotatable bonds is 12. The number of ether oxygens (including phenoxy) is 2. The molecule has 2 N–H and O–H groups in total. The maximum Gasteiger partial charge on any atom is 0.247 e. The van der Waals surface area contributed by atoms with E-state index in [9.17, 15) is 14.4 Å². The number of thioether (sulfide) groups is 1. The van der Waals surface area contributed by atoms with E-state index < -0.39 is 11.5 Å². The van der Waals surface area contributed by atoms with Crippen molar-refractivity contribution in [3.05, 3.63) is 90.3 Å². The highest BCUT2D eigenvalue weighted by atomic mass is 32.2. The van der Waals surface area contributed by atoms with Gasteiger partial charge in [-0.15, -0.1) is 0 Å². The van der Waals surface area contributed by atoms with Crippen LogP contribution in [0.4, 0.5) is 5.69 Å². The molecule has 2 amide bonds. The Kier molecular flexibility index (Phi) is 10.9. The number of methoxy groups -OCH3 is 1. The highest BCUT2D eigenvalue weighted by Crippen LogP contribution is 2.41. The van der Waals surface area contributed by atoms with E-state index >= 15 is 0 Å². The summed E-state index contributed by atoms with van der Waals surface area (Å²) in [5, 5.41) is 5.83. The van der Waals surface area contributed by atoms with Crippen molar-refractivity contribution in [1.82, 2.24) is 10.3 Å². The second-order valence-corrected chi connectivity index (χ2v) is 11.1. The zero-order chi connectivity index (χ0) is 29.1. The summed E-state index contributed by atoms with van der Waals surface area (Å²) in [5.74, 6) is 0.437. The molecule has 216 valence electrons. The van der Waals surface area contributed by atoms with Crippen LogP contribution in [0.1, 0.15) is 48.7 Å². The Balaban J connectivity index is 1.53. The lowest BCUT2D eigenvalue weighted by Gasteiger charge is -2.39. The lowest BCUT2D eigenvalue weighted by molar-refractivity contribution is -0.136. The average Bonchev–Trinajstić information content (AvgIpc) is 3.01. The predicted molar refractivity (Wildman–Crippen MR) is 161 cm³/mol. The van der Waals surface area contributed by atoms with Crippen LogP contribution in [-0.4, -0.2) is 53.5 Å². The molecule has 1 aliphatic rings. The predicted octanol–water partition coefficient (Wildman–Crippen LogP) is 5.30. The molecule has 8 nitrogen and oxygen atoms in total. The van der Waals surface area contributed by atoms with E-state index in [0.29, 0.717) is 61.6 Å². The first-order valence-electron chi connectivity index (χ1n) is 13.9. The summed E-state index contributed by atoms with van der Waals surface area (Å²) in [6.07, 6.45) is 4.53. The van der Waals surface area contributed by atoms with Gasteiger partial charge in [0.1, 0.15) is 17.5 Å². The largest absolute Gasteiger partial charge is 0.497 e. The van der Waals surface area contributed by atoms with Crippen LogP contribution < -0.4 is 15.4 Å². The summed E-state index contributed by atoms with van der Waals surface area (Å²) in [4.78, 5) is 44.7. The van der Waals surface area contributed by atoms with Gasteiger partial charge >= 0.3 is 0 Å². The first-order chi connectivity index (χ1) is 19.9. The number of hydrogen-bond donors (Lipinski definition) is 2. The van der Waals surface area contributed by atoms with Gasteiger partial charge in [0.05, 0.1) is 18.6 Å². The Morgan fingerprint density at radius 3 is 2.34 bits per heavy atom. The van der Waals surface area contributed by atoms with Crippen molar-refractivity contribution in [1.29, 1.82) is 0 Å². The number of carbonyl (C=O) groups excluding carboxylic acids is 3. The Morgan fingerprint density at radius 2 is 1.71 bits per heavy atom. The molecule has 1 atom stereocenters. The average molecular weight is 576 g/mol. The second kappa shape index (κ2) is 14.8. The number of benzene rings is 2. The number of nitrogens with zero attached hydrogens (tertiary/aromatic N) is 1. The first-order valence-corrected chi connectivity index (χ1v) is 14.9. The molecular weight excluding hydrogens is 538 g/mol.